The summed E-state index contributed by atoms with van der Waals surface area (Å²) < 4.78 is 6.65. The fraction of sp³-hybridized carbons (Fsp3) is 0.0556. The summed E-state index contributed by atoms with van der Waals surface area (Å²) in [4.78, 5) is 12.8. The van der Waals surface area contributed by atoms with Crippen molar-refractivity contribution in [1.29, 1.82) is 0 Å². The van der Waals surface area contributed by atoms with Crippen LogP contribution < -0.4 is 0 Å². The number of benzene rings is 2. The third kappa shape index (κ3) is 1.96. The monoisotopic (exact) mass is 308 g/mol. The molecule has 0 aliphatic carbocycles. The fourth-order valence-corrected chi connectivity index (χ4v) is 3.62. The Bertz CT molecular complexity index is 862. The van der Waals surface area contributed by atoms with Gasteiger partial charge in [0.05, 0.1) is 4.88 Å². The number of carbonyl (C=O) groups excluding carboxylic acids is 1. The molecule has 3 nitrogen and oxygen atoms in total. The van der Waals surface area contributed by atoms with Gasteiger partial charge in [-0.2, -0.15) is 0 Å². The van der Waals surface area contributed by atoms with Gasteiger partial charge in [0.25, 0.3) is 0 Å². The van der Waals surface area contributed by atoms with Gasteiger partial charge in [-0.05, 0) is 17.5 Å². The van der Waals surface area contributed by atoms with Gasteiger partial charge in [0.15, 0.2) is 0 Å². The van der Waals surface area contributed by atoms with E-state index in [0.29, 0.717) is 10.6 Å². The lowest BCUT2D eigenvalue weighted by Gasteiger charge is -2.20. The summed E-state index contributed by atoms with van der Waals surface area (Å²) in [5.41, 5.74) is 0.771. The number of rotatable bonds is 2. The molecule has 0 fully saturated rings. The molecule has 1 N–H and O–H groups in total. The van der Waals surface area contributed by atoms with Crippen molar-refractivity contribution in [2.45, 2.75) is 5.79 Å². The van der Waals surface area contributed by atoms with Gasteiger partial charge in [0, 0.05) is 16.3 Å². The third-order valence-corrected chi connectivity index (χ3v) is 4.88. The molecule has 3 aromatic rings. The molecule has 1 unspecified atom stereocenters. The maximum absolute atomic E-state index is 12.3. The highest BCUT2D eigenvalue weighted by atomic mass is 32.1. The van der Waals surface area contributed by atoms with Crippen LogP contribution >= 0.6 is 11.3 Å². The molecule has 4 rings (SSSR count). The maximum Gasteiger partial charge on any atom is 0.309 e. The Morgan fingerprint density at radius 2 is 1.73 bits per heavy atom. The summed E-state index contributed by atoms with van der Waals surface area (Å²) in [6, 6.07) is 18.9. The molecule has 1 aliphatic rings. The zero-order chi connectivity index (χ0) is 15.2. The quantitative estimate of drug-likeness (QED) is 0.785. The minimum atomic E-state index is -1.92. The molecule has 0 bridgehead atoms. The van der Waals surface area contributed by atoms with E-state index in [2.05, 4.69) is 0 Å². The first-order valence-electron chi connectivity index (χ1n) is 6.89. The van der Waals surface area contributed by atoms with Gasteiger partial charge in [0.1, 0.15) is 5.76 Å². The average molecular weight is 308 g/mol. The summed E-state index contributed by atoms with van der Waals surface area (Å²) in [7, 11) is 0. The second-order valence-electron chi connectivity index (χ2n) is 5.13. The average Bonchev–Trinajstić information content (AvgIpc) is 3.11. The Morgan fingerprint density at radius 1 is 1.00 bits per heavy atom. The number of hydrogen-bond donors (Lipinski definition) is 1. The molecule has 4 heteroatoms. The van der Waals surface area contributed by atoms with Crippen LogP contribution in [0, 0.1) is 0 Å². The van der Waals surface area contributed by atoms with Gasteiger partial charge in [-0.25, -0.2) is 0 Å². The van der Waals surface area contributed by atoms with Crippen molar-refractivity contribution in [3.63, 3.8) is 0 Å². The van der Waals surface area contributed by atoms with Crippen LogP contribution in [0.4, 0.5) is 0 Å². The smallest absolute Gasteiger partial charge is 0.309 e. The molecule has 0 saturated carbocycles. The summed E-state index contributed by atoms with van der Waals surface area (Å²) >= 11 is 1.37. The second-order valence-corrected chi connectivity index (χ2v) is 6.22. The molecule has 1 aromatic heterocycles. The Hall–Kier alpha value is -2.43. The Labute approximate surface area is 131 Å². The number of aliphatic hydroxyl groups is 1. The molecule has 1 atom stereocenters. The first-order valence-corrected chi connectivity index (χ1v) is 7.70. The fourth-order valence-electron chi connectivity index (χ4n) is 2.52. The first-order chi connectivity index (χ1) is 10.7. The lowest BCUT2D eigenvalue weighted by atomic mass is 10.1. The van der Waals surface area contributed by atoms with Gasteiger partial charge in [0.2, 0.25) is 5.78 Å². The van der Waals surface area contributed by atoms with E-state index >= 15 is 0 Å². The topological polar surface area (TPSA) is 46.5 Å². The van der Waals surface area contributed by atoms with Gasteiger partial charge < -0.3 is 9.84 Å². The van der Waals surface area contributed by atoms with Crippen LogP contribution in [0.15, 0.2) is 66.7 Å². The summed E-state index contributed by atoms with van der Waals surface area (Å²) in [6.07, 6.45) is 1.36. The SMILES string of the molecule is O=C1C=C(c2ccccc2)OC1(O)c1cc2ccccc2s1. The number of ether oxygens (including phenoxy) is 1. The number of hydrogen-bond acceptors (Lipinski definition) is 4. The molecule has 1 aliphatic heterocycles. The van der Waals surface area contributed by atoms with Gasteiger partial charge in [-0.3, -0.25) is 4.79 Å². The van der Waals surface area contributed by atoms with E-state index in [0.717, 1.165) is 15.6 Å². The van der Waals surface area contributed by atoms with E-state index in [1.165, 1.54) is 17.4 Å². The van der Waals surface area contributed by atoms with E-state index in [-0.39, 0.29) is 0 Å². The Morgan fingerprint density at radius 3 is 2.50 bits per heavy atom. The highest BCUT2D eigenvalue weighted by Crippen LogP contribution is 2.41. The lowest BCUT2D eigenvalue weighted by molar-refractivity contribution is -0.172. The van der Waals surface area contributed by atoms with E-state index in [1.807, 2.05) is 54.6 Å². The van der Waals surface area contributed by atoms with Crippen LogP contribution in [0.5, 0.6) is 0 Å². The summed E-state index contributed by atoms with van der Waals surface area (Å²) in [5.74, 6) is -1.97. The highest BCUT2D eigenvalue weighted by molar-refractivity contribution is 7.19. The largest absolute Gasteiger partial charge is 0.449 e. The van der Waals surface area contributed by atoms with Crippen molar-refractivity contribution in [2.24, 2.45) is 0 Å². The maximum atomic E-state index is 12.3. The van der Waals surface area contributed by atoms with E-state index < -0.39 is 11.6 Å². The molecule has 0 saturated heterocycles. The van der Waals surface area contributed by atoms with Crippen LogP contribution in [0.2, 0.25) is 0 Å². The van der Waals surface area contributed by atoms with E-state index in [1.54, 1.807) is 6.07 Å². The standard InChI is InChI=1S/C18H12O3S/c19-16-11-14(12-6-2-1-3-7-12)21-18(16,20)17-10-13-8-4-5-9-15(13)22-17/h1-11,20H. The normalized spacial score (nSPS) is 21.0. The van der Waals surface area contributed by atoms with E-state index in [4.69, 9.17) is 4.74 Å². The van der Waals surface area contributed by atoms with Gasteiger partial charge in [-0.1, -0.05) is 48.5 Å². The lowest BCUT2D eigenvalue weighted by Crippen LogP contribution is -2.31. The molecule has 22 heavy (non-hydrogen) atoms. The van der Waals surface area contributed by atoms with Crippen LogP contribution in [0.1, 0.15) is 10.4 Å². The Kier molecular flexibility index (Phi) is 2.89. The van der Waals surface area contributed by atoms with Crippen LogP contribution in [0.25, 0.3) is 15.8 Å². The Balaban J connectivity index is 1.75. The number of fused-ring (bicyclic) bond motifs is 1. The summed E-state index contributed by atoms with van der Waals surface area (Å²) in [6.45, 7) is 0. The first kappa shape index (κ1) is 13.2. The van der Waals surface area contributed by atoms with Crippen molar-refractivity contribution in [3.05, 3.63) is 77.2 Å². The van der Waals surface area contributed by atoms with Crippen LogP contribution in [-0.2, 0) is 15.3 Å². The summed E-state index contributed by atoms with van der Waals surface area (Å²) in [5, 5.41) is 11.7. The molecular formula is C18H12O3S. The number of carbonyl (C=O) groups is 1. The van der Waals surface area contributed by atoms with Crippen molar-refractivity contribution < 1.29 is 14.6 Å². The van der Waals surface area contributed by atoms with Crippen molar-refractivity contribution in [3.8, 4) is 0 Å². The molecule has 0 amide bonds. The zero-order valence-corrected chi connectivity index (χ0v) is 12.3. The molecule has 108 valence electrons. The number of ketones is 1. The predicted octanol–water partition coefficient (Wildman–Crippen LogP) is 3.69. The highest BCUT2D eigenvalue weighted by Gasteiger charge is 2.46. The third-order valence-electron chi connectivity index (χ3n) is 3.67. The van der Waals surface area contributed by atoms with E-state index in [9.17, 15) is 9.90 Å². The number of thiophene rings is 1. The van der Waals surface area contributed by atoms with Crippen molar-refractivity contribution >= 4 is 33.0 Å². The van der Waals surface area contributed by atoms with Crippen molar-refractivity contribution in [2.75, 3.05) is 0 Å². The minimum Gasteiger partial charge on any atom is -0.449 e. The van der Waals surface area contributed by atoms with Crippen LogP contribution in [0.3, 0.4) is 0 Å². The second kappa shape index (κ2) is 4.80. The molecule has 2 aromatic carbocycles. The molecule has 2 heterocycles. The van der Waals surface area contributed by atoms with Gasteiger partial charge in [-0.15, -0.1) is 11.3 Å². The van der Waals surface area contributed by atoms with Gasteiger partial charge >= 0.3 is 5.79 Å². The van der Waals surface area contributed by atoms with Crippen molar-refractivity contribution in [1.82, 2.24) is 0 Å². The molecule has 0 radical (unpaired) electrons. The predicted molar refractivity (Wildman–Crippen MR) is 86.2 cm³/mol. The molecule has 0 spiro atoms. The van der Waals surface area contributed by atoms with Crippen LogP contribution in [-0.4, -0.2) is 10.9 Å². The molecular weight excluding hydrogens is 296 g/mol. The zero-order valence-electron chi connectivity index (χ0n) is 11.5. The minimum absolute atomic E-state index is 0.394.